The third-order valence-electron chi connectivity index (χ3n) is 4.41. The van der Waals surface area contributed by atoms with E-state index in [1.807, 2.05) is 0 Å². The van der Waals surface area contributed by atoms with E-state index in [0.29, 0.717) is 28.6 Å². The quantitative estimate of drug-likeness (QED) is 0.802. The lowest BCUT2D eigenvalue weighted by molar-refractivity contribution is -0.141. The molecule has 1 amide bonds. The Morgan fingerprint density at radius 1 is 1.35 bits per heavy atom. The molecule has 0 saturated heterocycles. The fourth-order valence-electron chi connectivity index (χ4n) is 2.95. The van der Waals surface area contributed by atoms with Crippen molar-refractivity contribution in [2.75, 3.05) is 7.05 Å². The summed E-state index contributed by atoms with van der Waals surface area (Å²) in [6.07, 6.45) is 3.69. The maximum atomic E-state index is 12.7. The maximum absolute atomic E-state index is 12.7. The smallest absolute Gasteiger partial charge is 0.264 e. The van der Waals surface area contributed by atoms with Crippen LogP contribution in [0.4, 0.5) is 0 Å². The molecule has 1 aromatic carbocycles. The van der Waals surface area contributed by atoms with Crippen LogP contribution in [-0.4, -0.2) is 29.5 Å². The Hall–Kier alpha value is -1.44. The highest BCUT2D eigenvalue weighted by Gasteiger charge is 2.40. The van der Waals surface area contributed by atoms with Crippen LogP contribution in [0.5, 0.6) is 5.75 Å². The average Bonchev–Trinajstić information content (AvgIpc) is 2.57. The van der Waals surface area contributed by atoms with Crippen LogP contribution >= 0.6 is 23.2 Å². The van der Waals surface area contributed by atoms with Gasteiger partial charge in [-0.1, -0.05) is 42.5 Å². The van der Waals surface area contributed by atoms with Gasteiger partial charge in [0, 0.05) is 18.1 Å². The largest absolute Gasteiger partial charge is 0.479 e. The Morgan fingerprint density at radius 3 is 2.61 bits per heavy atom. The van der Waals surface area contributed by atoms with Crippen molar-refractivity contribution in [2.45, 2.75) is 50.7 Å². The molecule has 0 N–H and O–H groups in total. The first-order valence-electron chi connectivity index (χ1n) is 7.70. The first-order valence-corrected chi connectivity index (χ1v) is 8.46. The van der Waals surface area contributed by atoms with Gasteiger partial charge in [-0.25, -0.2) is 0 Å². The molecule has 0 heterocycles. The SMILES string of the molecule is C[C@@H](Oc1cc(Cl)ccc1Cl)C(=O)N(C)C1(C#N)CCCCC1. The van der Waals surface area contributed by atoms with Crippen LogP contribution in [-0.2, 0) is 4.79 Å². The van der Waals surface area contributed by atoms with Gasteiger partial charge in [-0.05, 0) is 31.9 Å². The van der Waals surface area contributed by atoms with Gasteiger partial charge in [0.1, 0.15) is 11.3 Å². The zero-order chi connectivity index (χ0) is 17.0. The predicted molar refractivity (Wildman–Crippen MR) is 90.8 cm³/mol. The van der Waals surface area contributed by atoms with Crippen molar-refractivity contribution in [1.29, 1.82) is 5.26 Å². The molecule has 0 spiro atoms. The number of carbonyl (C=O) groups is 1. The van der Waals surface area contributed by atoms with E-state index in [1.54, 1.807) is 32.2 Å². The minimum atomic E-state index is -0.747. The standard InChI is InChI=1S/C17H20Cl2N2O2/c1-12(23-15-10-13(18)6-7-14(15)19)16(22)21(2)17(11-20)8-4-3-5-9-17/h6-7,10,12H,3-5,8-9H2,1-2H3/t12-/m1/s1. The number of amides is 1. The number of carbonyl (C=O) groups excluding carboxylic acids is 1. The molecule has 4 nitrogen and oxygen atoms in total. The molecule has 1 atom stereocenters. The molecule has 0 unspecified atom stereocenters. The van der Waals surface area contributed by atoms with Gasteiger partial charge in [-0.2, -0.15) is 5.26 Å². The summed E-state index contributed by atoms with van der Waals surface area (Å²) in [5.74, 6) is 0.132. The second-order valence-corrected chi connectivity index (χ2v) is 6.78. The topological polar surface area (TPSA) is 53.3 Å². The van der Waals surface area contributed by atoms with Crippen molar-refractivity contribution in [3.63, 3.8) is 0 Å². The van der Waals surface area contributed by atoms with E-state index in [2.05, 4.69) is 6.07 Å². The van der Waals surface area contributed by atoms with Gasteiger partial charge >= 0.3 is 0 Å². The highest BCUT2D eigenvalue weighted by Crippen LogP contribution is 2.34. The van der Waals surface area contributed by atoms with E-state index in [-0.39, 0.29) is 5.91 Å². The molecule has 6 heteroatoms. The van der Waals surface area contributed by atoms with Crippen molar-refractivity contribution in [3.8, 4) is 11.8 Å². The molecule has 1 aromatic rings. The summed E-state index contributed by atoms with van der Waals surface area (Å²) in [6.45, 7) is 1.66. The maximum Gasteiger partial charge on any atom is 0.264 e. The Morgan fingerprint density at radius 2 is 2.00 bits per heavy atom. The van der Waals surface area contributed by atoms with Crippen LogP contribution < -0.4 is 4.74 Å². The number of ether oxygens (including phenoxy) is 1. The van der Waals surface area contributed by atoms with Crippen LogP contribution in [0.3, 0.4) is 0 Å². The van der Waals surface area contributed by atoms with E-state index in [4.69, 9.17) is 27.9 Å². The number of likely N-dealkylation sites (N-methyl/N-ethyl adjacent to an activating group) is 1. The first-order chi connectivity index (χ1) is 10.9. The number of rotatable bonds is 4. The first kappa shape index (κ1) is 17.9. The number of hydrogen-bond donors (Lipinski definition) is 0. The molecule has 2 rings (SSSR count). The molecule has 1 fully saturated rings. The van der Waals surface area contributed by atoms with Crippen molar-refractivity contribution in [3.05, 3.63) is 28.2 Å². The average molecular weight is 355 g/mol. The zero-order valence-electron chi connectivity index (χ0n) is 13.3. The number of nitriles is 1. The second kappa shape index (κ2) is 7.42. The summed E-state index contributed by atoms with van der Waals surface area (Å²) in [5, 5.41) is 10.5. The summed E-state index contributed by atoms with van der Waals surface area (Å²) in [5.41, 5.74) is -0.731. The summed E-state index contributed by atoms with van der Waals surface area (Å²) in [7, 11) is 1.68. The van der Waals surface area contributed by atoms with Gasteiger partial charge in [0.15, 0.2) is 6.10 Å². The monoisotopic (exact) mass is 354 g/mol. The van der Waals surface area contributed by atoms with E-state index < -0.39 is 11.6 Å². The van der Waals surface area contributed by atoms with Crippen LogP contribution in [0.25, 0.3) is 0 Å². The van der Waals surface area contributed by atoms with Gasteiger partial charge in [0.2, 0.25) is 0 Å². The Kier molecular flexibility index (Phi) is 5.78. The van der Waals surface area contributed by atoms with Crippen LogP contribution in [0.2, 0.25) is 10.0 Å². The van der Waals surface area contributed by atoms with E-state index >= 15 is 0 Å². The number of nitrogens with zero attached hydrogens (tertiary/aromatic N) is 2. The Labute approximate surface area is 146 Å². The summed E-state index contributed by atoms with van der Waals surface area (Å²) < 4.78 is 5.67. The van der Waals surface area contributed by atoms with E-state index in [9.17, 15) is 10.1 Å². The van der Waals surface area contributed by atoms with E-state index in [0.717, 1.165) is 19.3 Å². The molecule has 1 saturated carbocycles. The van der Waals surface area contributed by atoms with Crippen LogP contribution in [0.15, 0.2) is 18.2 Å². The van der Waals surface area contributed by atoms with Crippen LogP contribution in [0.1, 0.15) is 39.0 Å². The molecule has 0 radical (unpaired) electrons. The highest BCUT2D eigenvalue weighted by atomic mass is 35.5. The number of halogens is 2. The molecule has 1 aliphatic rings. The zero-order valence-corrected chi connectivity index (χ0v) is 14.8. The summed E-state index contributed by atoms with van der Waals surface area (Å²) >= 11 is 12.0. The minimum absolute atomic E-state index is 0.232. The van der Waals surface area contributed by atoms with E-state index in [1.165, 1.54) is 4.90 Å². The molecular formula is C17H20Cl2N2O2. The Bertz CT molecular complexity index is 622. The van der Waals surface area contributed by atoms with Gasteiger partial charge in [-0.3, -0.25) is 4.79 Å². The van der Waals surface area contributed by atoms with Crippen molar-refractivity contribution >= 4 is 29.1 Å². The van der Waals surface area contributed by atoms with Gasteiger partial charge < -0.3 is 9.64 Å². The molecular weight excluding hydrogens is 335 g/mol. The predicted octanol–water partition coefficient (Wildman–Crippen LogP) is 4.45. The fraction of sp³-hybridized carbons (Fsp3) is 0.529. The molecule has 0 bridgehead atoms. The third kappa shape index (κ3) is 3.91. The fourth-order valence-corrected chi connectivity index (χ4v) is 3.28. The summed E-state index contributed by atoms with van der Waals surface area (Å²) in [6, 6.07) is 7.20. The minimum Gasteiger partial charge on any atom is -0.479 e. The lowest BCUT2D eigenvalue weighted by Gasteiger charge is -2.40. The van der Waals surface area contributed by atoms with Gasteiger partial charge in [0.25, 0.3) is 5.91 Å². The second-order valence-electron chi connectivity index (χ2n) is 5.94. The number of hydrogen-bond acceptors (Lipinski definition) is 3. The normalized spacial score (nSPS) is 17.9. The van der Waals surface area contributed by atoms with Crippen molar-refractivity contribution in [2.24, 2.45) is 0 Å². The lowest BCUT2D eigenvalue weighted by atomic mass is 9.81. The molecule has 1 aliphatic carbocycles. The van der Waals surface area contributed by atoms with Crippen LogP contribution in [0, 0.1) is 11.3 Å². The molecule has 0 aromatic heterocycles. The third-order valence-corrected chi connectivity index (χ3v) is 4.95. The van der Waals surface area contributed by atoms with Gasteiger partial charge in [-0.15, -0.1) is 0 Å². The van der Waals surface area contributed by atoms with Crippen molar-refractivity contribution < 1.29 is 9.53 Å². The highest BCUT2D eigenvalue weighted by molar-refractivity contribution is 6.34. The molecule has 23 heavy (non-hydrogen) atoms. The summed E-state index contributed by atoms with van der Waals surface area (Å²) in [4.78, 5) is 14.2. The number of benzene rings is 1. The lowest BCUT2D eigenvalue weighted by Crippen LogP contribution is -2.53. The van der Waals surface area contributed by atoms with Gasteiger partial charge in [0.05, 0.1) is 11.1 Å². The van der Waals surface area contributed by atoms with Crippen molar-refractivity contribution in [1.82, 2.24) is 4.90 Å². The molecule has 0 aliphatic heterocycles. The molecule has 124 valence electrons. The Balaban J connectivity index is 2.12.